The number of hydrogen-bond donors (Lipinski definition) is 0. The lowest BCUT2D eigenvalue weighted by Gasteiger charge is -2.33. The van der Waals surface area contributed by atoms with E-state index in [1.54, 1.807) is 25.1 Å². The van der Waals surface area contributed by atoms with Crippen LogP contribution in [0.1, 0.15) is 24.8 Å². The van der Waals surface area contributed by atoms with Crippen LogP contribution in [0.15, 0.2) is 18.2 Å². The fraction of sp³-hybridized carbons (Fsp3) is 0.500. The van der Waals surface area contributed by atoms with Crippen LogP contribution in [0.2, 0.25) is 5.02 Å². The van der Waals surface area contributed by atoms with E-state index in [1.807, 2.05) is 4.90 Å². The second-order valence-electron chi connectivity index (χ2n) is 6.50. The van der Waals surface area contributed by atoms with Crippen LogP contribution in [0.5, 0.6) is 0 Å². The van der Waals surface area contributed by atoms with E-state index in [0.717, 1.165) is 5.56 Å². The number of hydrogen-bond acceptors (Lipinski definition) is 5. The maximum absolute atomic E-state index is 12.9. The van der Waals surface area contributed by atoms with E-state index in [4.69, 9.17) is 16.3 Å². The molecule has 0 aromatic heterocycles. The number of rotatable bonds is 3. The van der Waals surface area contributed by atoms with Crippen molar-refractivity contribution in [2.75, 3.05) is 25.1 Å². The minimum Gasteiger partial charge on any atom is -0.469 e. The van der Waals surface area contributed by atoms with E-state index in [1.165, 1.54) is 12.0 Å². The highest BCUT2D eigenvalue weighted by molar-refractivity contribution is 6.32. The molecule has 0 saturated carbocycles. The van der Waals surface area contributed by atoms with Crippen molar-refractivity contribution in [3.8, 4) is 0 Å². The van der Waals surface area contributed by atoms with E-state index in [-0.39, 0.29) is 30.1 Å². The molecule has 25 heavy (non-hydrogen) atoms. The molecular weight excluding hydrogens is 344 g/mol. The molecule has 1 atom stereocenters. The zero-order valence-electron chi connectivity index (χ0n) is 14.3. The van der Waals surface area contributed by atoms with Gasteiger partial charge in [-0.05, 0) is 50.6 Å². The first-order chi connectivity index (χ1) is 11.9. The van der Waals surface area contributed by atoms with E-state index in [2.05, 4.69) is 0 Å². The lowest BCUT2D eigenvalue weighted by molar-refractivity contribution is -0.147. The monoisotopic (exact) mass is 364 g/mol. The van der Waals surface area contributed by atoms with Crippen LogP contribution in [0, 0.1) is 12.8 Å². The molecule has 2 amide bonds. The van der Waals surface area contributed by atoms with Crippen molar-refractivity contribution < 1.29 is 19.1 Å². The van der Waals surface area contributed by atoms with Gasteiger partial charge in [-0.15, -0.1) is 0 Å². The van der Waals surface area contributed by atoms with E-state index in [9.17, 15) is 14.4 Å². The second-order valence-corrected chi connectivity index (χ2v) is 6.91. The highest BCUT2D eigenvalue weighted by Gasteiger charge is 2.44. The first-order valence-corrected chi connectivity index (χ1v) is 8.75. The number of likely N-dealkylation sites (tertiary alicyclic amines) is 1. The molecule has 134 valence electrons. The van der Waals surface area contributed by atoms with Crippen molar-refractivity contribution in [3.63, 3.8) is 0 Å². The number of piperidine rings is 1. The number of carbonyl (C=O) groups is 3. The van der Waals surface area contributed by atoms with E-state index < -0.39 is 6.04 Å². The molecule has 0 bridgehead atoms. The van der Waals surface area contributed by atoms with Gasteiger partial charge in [0, 0.05) is 5.02 Å². The lowest BCUT2D eigenvalue weighted by atomic mass is 9.95. The summed E-state index contributed by atoms with van der Waals surface area (Å²) in [4.78, 5) is 40.2. The molecule has 2 saturated heterocycles. The molecule has 0 radical (unpaired) electrons. The Kier molecular flexibility index (Phi) is 5.11. The summed E-state index contributed by atoms with van der Waals surface area (Å²) in [5, 5.41) is 0.528. The molecule has 0 spiro atoms. The first-order valence-electron chi connectivity index (χ1n) is 8.37. The molecule has 2 fully saturated rings. The number of imide groups is 1. The van der Waals surface area contributed by atoms with E-state index in [0.29, 0.717) is 36.6 Å². The third-order valence-electron chi connectivity index (χ3n) is 5.11. The van der Waals surface area contributed by atoms with Crippen LogP contribution < -0.4 is 4.90 Å². The summed E-state index contributed by atoms with van der Waals surface area (Å²) >= 11 is 6.13. The van der Waals surface area contributed by atoms with Gasteiger partial charge in [-0.25, -0.2) is 4.90 Å². The van der Waals surface area contributed by atoms with Crippen LogP contribution in [-0.2, 0) is 19.1 Å². The largest absolute Gasteiger partial charge is 0.469 e. The molecule has 1 unspecified atom stereocenters. The van der Waals surface area contributed by atoms with Crippen molar-refractivity contribution in [2.24, 2.45) is 5.92 Å². The van der Waals surface area contributed by atoms with Gasteiger partial charge in [-0.1, -0.05) is 17.7 Å². The maximum Gasteiger partial charge on any atom is 0.308 e. The Labute approximate surface area is 151 Å². The van der Waals surface area contributed by atoms with Crippen molar-refractivity contribution in [1.29, 1.82) is 0 Å². The SMILES string of the molecule is COC(=O)C1CCN(C2CC(=O)N(c3cccc(Cl)c3C)C2=O)CC1. The lowest BCUT2D eigenvalue weighted by Crippen LogP contribution is -2.47. The Balaban J connectivity index is 1.74. The van der Waals surface area contributed by atoms with Gasteiger partial charge < -0.3 is 4.74 Å². The molecule has 1 aromatic rings. The number of benzene rings is 1. The first kappa shape index (κ1) is 17.9. The number of nitrogens with zero attached hydrogens (tertiary/aromatic N) is 2. The van der Waals surface area contributed by atoms with Gasteiger partial charge in [0.25, 0.3) is 5.91 Å². The van der Waals surface area contributed by atoms with Crippen molar-refractivity contribution in [1.82, 2.24) is 4.90 Å². The van der Waals surface area contributed by atoms with Gasteiger partial charge in [-0.3, -0.25) is 19.3 Å². The Morgan fingerprint density at radius 1 is 1.24 bits per heavy atom. The predicted octanol–water partition coefficient (Wildman–Crippen LogP) is 2.17. The van der Waals surface area contributed by atoms with Crippen molar-refractivity contribution in [3.05, 3.63) is 28.8 Å². The topological polar surface area (TPSA) is 66.9 Å². The molecule has 7 heteroatoms. The third kappa shape index (κ3) is 3.28. The van der Waals surface area contributed by atoms with Crippen LogP contribution in [0.4, 0.5) is 5.69 Å². The highest BCUT2D eigenvalue weighted by Crippen LogP contribution is 2.33. The van der Waals surface area contributed by atoms with Gasteiger partial charge in [-0.2, -0.15) is 0 Å². The molecule has 1 aromatic carbocycles. The maximum atomic E-state index is 12.9. The zero-order valence-corrected chi connectivity index (χ0v) is 15.1. The summed E-state index contributed by atoms with van der Waals surface area (Å²) in [7, 11) is 1.39. The average Bonchev–Trinajstić information content (AvgIpc) is 2.91. The fourth-order valence-corrected chi connectivity index (χ4v) is 3.78. The van der Waals surface area contributed by atoms with Crippen LogP contribution in [0.3, 0.4) is 0 Å². The Hall–Kier alpha value is -1.92. The molecule has 2 aliphatic rings. The smallest absolute Gasteiger partial charge is 0.308 e. The summed E-state index contributed by atoms with van der Waals surface area (Å²) in [5.41, 5.74) is 1.27. The second kappa shape index (κ2) is 7.14. The number of carbonyl (C=O) groups excluding carboxylic acids is 3. The van der Waals surface area contributed by atoms with Gasteiger partial charge >= 0.3 is 5.97 Å². The molecule has 3 rings (SSSR count). The standard InChI is InChI=1S/C18H21ClN2O4/c1-11-13(19)4-3-5-14(11)21-16(22)10-15(17(21)23)20-8-6-12(7-9-20)18(24)25-2/h3-5,12,15H,6-10H2,1-2H3. The molecule has 2 heterocycles. The van der Waals surface area contributed by atoms with Crippen LogP contribution >= 0.6 is 11.6 Å². The van der Waals surface area contributed by atoms with E-state index >= 15 is 0 Å². The molecule has 6 nitrogen and oxygen atoms in total. The predicted molar refractivity (Wildman–Crippen MR) is 93.4 cm³/mol. The number of anilines is 1. The van der Waals surface area contributed by atoms with Crippen LogP contribution in [-0.4, -0.2) is 48.9 Å². The summed E-state index contributed by atoms with van der Waals surface area (Å²) < 4.78 is 4.79. The quantitative estimate of drug-likeness (QED) is 0.607. The minimum atomic E-state index is -0.468. The summed E-state index contributed by atoms with van der Waals surface area (Å²) in [5.74, 6) is -0.758. The Bertz CT molecular complexity index is 713. The summed E-state index contributed by atoms with van der Waals surface area (Å²) in [6.45, 7) is 3.01. The van der Waals surface area contributed by atoms with Gasteiger partial charge in [0.05, 0.1) is 31.2 Å². The van der Waals surface area contributed by atoms with Crippen molar-refractivity contribution >= 4 is 35.1 Å². The fourth-order valence-electron chi connectivity index (χ4n) is 3.61. The Morgan fingerprint density at radius 3 is 2.56 bits per heavy atom. The minimum absolute atomic E-state index is 0.125. The number of esters is 1. The Morgan fingerprint density at radius 2 is 1.92 bits per heavy atom. The summed E-state index contributed by atoms with van der Waals surface area (Å²) in [6, 6.07) is 4.74. The van der Waals surface area contributed by atoms with Gasteiger partial charge in [0.15, 0.2) is 0 Å². The molecular formula is C18H21ClN2O4. The number of methoxy groups -OCH3 is 1. The highest BCUT2D eigenvalue weighted by atomic mass is 35.5. The summed E-state index contributed by atoms with van der Waals surface area (Å²) in [6.07, 6.45) is 1.44. The number of ether oxygens (including phenoxy) is 1. The average molecular weight is 365 g/mol. The zero-order chi connectivity index (χ0) is 18.1. The molecule has 2 aliphatic heterocycles. The van der Waals surface area contributed by atoms with Crippen molar-refractivity contribution in [2.45, 2.75) is 32.2 Å². The third-order valence-corrected chi connectivity index (χ3v) is 5.52. The number of halogens is 1. The number of amides is 2. The molecule has 0 N–H and O–H groups in total. The van der Waals surface area contributed by atoms with Gasteiger partial charge in [0.1, 0.15) is 0 Å². The molecule has 0 aliphatic carbocycles. The normalized spacial score (nSPS) is 22.5. The van der Waals surface area contributed by atoms with Gasteiger partial charge in [0.2, 0.25) is 5.91 Å². The van der Waals surface area contributed by atoms with Crippen LogP contribution in [0.25, 0.3) is 0 Å².